The van der Waals surface area contributed by atoms with E-state index in [0.29, 0.717) is 13.1 Å². The van der Waals surface area contributed by atoms with Gasteiger partial charge in [0.1, 0.15) is 11.9 Å². The predicted molar refractivity (Wildman–Crippen MR) is 127 cm³/mol. The molecule has 2 heterocycles. The molecular weight excluding hydrogens is 400 g/mol. The largest absolute Gasteiger partial charge is 0.353 e. The second-order valence-electron chi connectivity index (χ2n) is 8.60. The lowest BCUT2D eigenvalue weighted by Crippen LogP contribution is -2.56. The summed E-state index contributed by atoms with van der Waals surface area (Å²) in [7, 11) is 0. The van der Waals surface area contributed by atoms with E-state index in [9.17, 15) is 9.59 Å². The molecule has 4 rings (SSSR count). The van der Waals surface area contributed by atoms with Crippen molar-refractivity contribution < 1.29 is 9.59 Å². The van der Waals surface area contributed by atoms with E-state index in [1.165, 1.54) is 0 Å². The van der Waals surface area contributed by atoms with E-state index in [-0.39, 0.29) is 24.2 Å². The summed E-state index contributed by atoms with van der Waals surface area (Å²) in [5, 5.41) is 5.20. The van der Waals surface area contributed by atoms with Crippen LogP contribution in [-0.2, 0) is 16.0 Å². The van der Waals surface area contributed by atoms with Crippen molar-refractivity contribution in [3.8, 4) is 0 Å². The van der Waals surface area contributed by atoms with Gasteiger partial charge in [0, 0.05) is 32.4 Å². The number of aromatic nitrogens is 1. The molecule has 1 aliphatic rings. The van der Waals surface area contributed by atoms with Gasteiger partial charge >= 0.3 is 0 Å². The Balaban J connectivity index is 1.39. The van der Waals surface area contributed by atoms with Gasteiger partial charge in [0.05, 0.1) is 6.42 Å². The third-order valence-corrected chi connectivity index (χ3v) is 6.04. The summed E-state index contributed by atoms with van der Waals surface area (Å²) < 4.78 is 0. The van der Waals surface area contributed by atoms with Crippen LogP contribution in [0.15, 0.2) is 66.9 Å². The van der Waals surface area contributed by atoms with Gasteiger partial charge in [-0.1, -0.05) is 62.4 Å². The van der Waals surface area contributed by atoms with Crippen LogP contribution in [0, 0.1) is 5.92 Å². The number of pyridine rings is 1. The number of anilines is 1. The van der Waals surface area contributed by atoms with Gasteiger partial charge in [-0.3, -0.25) is 9.59 Å². The molecule has 1 saturated heterocycles. The van der Waals surface area contributed by atoms with Crippen LogP contribution >= 0.6 is 0 Å². The minimum absolute atomic E-state index is 0.00721. The highest BCUT2D eigenvalue weighted by Crippen LogP contribution is 2.19. The fourth-order valence-corrected chi connectivity index (χ4v) is 4.25. The fourth-order valence-electron chi connectivity index (χ4n) is 4.25. The van der Waals surface area contributed by atoms with Crippen molar-refractivity contribution in [2.24, 2.45) is 5.92 Å². The number of hydrogen-bond acceptors (Lipinski definition) is 4. The monoisotopic (exact) mass is 430 g/mol. The molecule has 2 amide bonds. The number of carbonyl (C=O) groups is 2. The van der Waals surface area contributed by atoms with Crippen molar-refractivity contribution in [3.05, 3.63) is 72.4 Å². The van der Waals surface area contributed by atoms with E-state index in [2.05, 4.69) is 15.2 Å². The van der Waals surface area contributed by atoms with Crippen LogP contribution in [0.2, 0.25) is 0 Å². The van der Waals surface area contributed by atoms with Gasteiger partial charge in [0.25, 0.3) is 0 Å². The first-order valence-corrected chi connectivity index (χ1v) is 11.2. The fraction of sp³-hybridized carbons (Fsp3) is 0.346. The molecule has 1 aliphatic heterocycles. The van der Waals surface area contributed by atoms with Gasteiger partial charge in [-0.15, -0.1) is 0 Å². The molecule has 0 aliphatic carbocycles. The molecule has 6 heteroatoms. The molecule has 6 nitrogen and oxygen atoms in total. The number of fused-ring (bicyclic) bond motifs is 1. The van der Waals surface area contributed by atoms with Gasteiger partial charge in [0.15, 0.2) is 0 Å². The Morgan fingerprint density at radius 1 is 0.938 bits per heavy atom. The molecule has 0 bridgehead atoms. The van der Waals surface area contributed by atoms with Gasteiger partial charge in [-0.05, 0) is 34.4 Å². The first-order chi connectivity index (χ1) is 15.5. The van der Waals surface area contributed by atoms with Crippen LogP contribution in [0.5, 0.6) is 0 Å². The summed E-state index contributed by atoms with van der Waals surface area (Å²) in [6.07, 6.45) is 2.04. The van der Waals surface area contributed by atoms with Crippen molar-refractivity contribution >= 4 is 28.4 Å². The van der Waals surface area contributed by atoms with Crippen molar-refractivity contribution in [2.75, 3.05) is 31.1 Å². The maximum atomic E-state index is 13.3. The summed E-state index contributed by atoms with van der Waals surface area (Å²) in [5.41, 5.74) is 0.972. The number of nitrogens with one attached hydrogen (secondary N) is 1. The maximum Gasteiger partial charge on any atom is 0.245 e. The Morgan fingerprint density at radius 3 is 2.38 bits per heavy atom. The molecule has 0 saturated carbocycles. The van der Waals surface area contributed by atoms with Crippen LogP contribution in [-0.4, -0.2) is 53.9 Å². The quantitative estimate of drug-likeness (QED) is 0.652. The molecule has 1 fully saturated rings. The lowest BCUT2D eigenvalue weighted by atomic mass is 9.99. The minimum atomic E-state index is -0.529. The zero-order valence-corrected chi connectivity index (χ0v) is 18.7. The number of nitrogens with zero attached hydrogens (tertiary/aromatic N) is 3. The van der Waals surface area contributed by atoms with Crippen LogP contribution in [0.4, 0.5) is 5.82 Å². The van der Waals surface area contributed by atoms with Crippen LogP contribution in [0.1, 0.15) is 19.4 Å². The first kappa shape index (κ1) is 21.8. The van der Waals surface area contributed by atoms with E-state index in [1.807, 2.05) is 79.4 Å². The Bertz CT molecular complexity index is 1070. The molecule has 0 radical (unpaired) electrons. The Kier molecular flexibility index (Phi) is 6.69. The van der Waals surface area contributed by atoms with Crippen LogP contribution in [0.3, 0.4) is 0 Å². The molecule has 32 heavy (non-hydrogen) atoms. The highest BCUT2D eigenvalue weighted by Gasteiger charge is 2.31. The highest BCUT2D eigenvalue weighted by atomic mass is 16.2. The molecular formula is C26H30N4O2. The van der Waals surface area contributed by atoms with Gasteiger partial charge in [-0.25, -0.2) is 4.98 Å². The lowest BCUT2D eigenvalue weighted by Gasteiger charge is -2.37. The molecule has 166 valence electrons. The lowest BCUT2D eigenvalue weighted by molar-refractivity contribution is -0.137. The Morgan fingerprint density at radius 2 is 1.66 bits per heavy atom. The number of carbonyl (C=O) groups excluding carboxylic acids is 2. The second-order valence-corrected chi connectivity index (χ2v) is 8.60. The number of piperazine rings is 1. The zero-order valence-electron chi connectivity index (χ0n) is 18.7. The van der Waals surface area contributed by atoms with Crippen molar-refractivity contribution in [1.29, 1.82) is 0 Å². The number of benzene rings is 2. The van der Waals surface area contributed by atoms with Crippen LogP contribution < -0.4 is 10.2 Å². The van der Waals surface area contributed by atoms with Crippen molar-refractivity contribution in [1.82, 2.24) is 15.2 Å². The van der Waals surface area contributed by atoms with E-state index in [0.717, 1.165) is 35.2 Å². The highest BCUT2D eigenvalue weighted by molar-refractivity contribution is 5.92. The smallest absolute Gasteiger partial charge is 0.245 e. The third-order valence-electron chi connectivity index (χ3n) is 6.04. The van der Waals surface area contributed by atoms with E-state index in [1.54, 1.807) is 6.20 Å². The van der Waals surface area contributed by atoms with Crippen molar-refractivity contribution in [2.45, 2.75) is 26.3 Å². The first-order valence-electron chi connectivity index (χ1n) is 11.2. The zero-order chi connectivity index (χ0) is 22.5. The van der Waals surface area contributed by atoms with Gasteiger partial charge in [-0.2, -0.15) is 0 Å². The molecule has 1 atom stereocenters. The summed E-state index contributed by atoms with van der Waals surface area (Å²) >= 11 is 0. The molecule has 1 unspecified atom stereocenters. The molecule has 3 aromatic rings. The Hall–Kier alpha value is -3.41. The average molecular weight is 431 g/mol. The van der Waals surface area contributed by atoms with Gasteiger partial charge in [0.2, 0.25) is 11.8 Å². The molecule has 1 aromatic heterocycles. The van der Waals surface area contributed by atoms with Crippen LogP contribution in [0.25, 0.3) is 10.8 Å². The standard InChI is InChI=1S/C26H30N4O2/c1-19(2)25(26(32)30-16-14-29(15-17-30)23-12-5-6-13-27-23)28-24(31)18-21-10-7-9-20-8-3-4-11-22(20)21/h3-13,19,25H,14-18H2,1-2H3,(H,28,31). The molecule has 0 spiro atoms. The average Bonchev–Trinajstić information content (AvgIpc) is 2.83. The SMILES string of the molecule is CC(C)C(NC(=O)Cc1cccc2ccccc12)C(=O)N1CCN(c2ccccn2)CC1. The van der Waals surface area contributed by atoms with E-state index < -0.39 is 6.04 Å². The summed E-state index contributed by atoms with van der Waals surface area (Å²) in [5.74, 6) is 0.809. The van der Waals surface area contributed by atoms with E-state index in [4.69, 9.17) is 0 Å². The second kappa shape index (κ2) is 9.81. The third kappa shape index (κ3) is 4.90. The number of hydrogen-bond donors (Lipinski definition) is 1. The summed E-state index contributed by atoms with van der Waals surface area (Å²) in [6, 6.07) is 19.4. The minimum Gasteiger partial charge on any atom is -0.353 e. The maximum absolute atomic E-state index is 13.3. The normalized spacial score (nSPS) is 15.1. The van der Waals surface area contributed by atoms with E-state index >= 15 is 0 Å². The summed E-state index contributed by atoms with van der Waals surface area (Å²) in [6.45, 7) is 6.67. The van der Waals surface area contributed by atoms with Crippen molar-refractivity contribution in [3.63, 3.8) is 0 Å². The molecule has 1 N–H and O–H groups in total. The molecule has 2 aromatic carbocycles. The predicted octanol–water partition coefficient (Wildman–Crippen LogP) is 3.27. The summed E-state index contributed by atoms with van der Waals surface area (Å²) in [4.78, 5) is 34.6. The Labute approximate surface area is 189 Å². The van der Waals surface area contributed by atoms with Gasteiger partial charge < -0.3 is 15.1 Å². The topological polar surface area (TPSA) is 65.5 Å². The number of amides is 2. The number of rotatable bonds is 6.